The van der Waals surface area contributed by atoms with Gasteiger partial charge in [0.2, 0.25) is 5.91 Å². The monoisotopic (exact) mass is 238 g/mol. The van der Waals surface area contributed by atoms with Crippen LogP contribution >= 0.6 is 0 Å². The zero-order chi connectivity index (χ0) is 12.7. The van der Waals surface area contributed by atoms with Crippen LogP contribution in [0, 0.1) is 0 Å². The second kappa shape index (κ2) is 6.39. The number of carbonyl (C=O) groups is 1. The number of aromatic amines is 1. The molecule has 1 aromatic heterocycles. The molecule has 0 saturated carbocycles. The third-order valence-electron chi connectivity index (χ3n) is 2.25. The van der Waals surface area contributed by atoms with Gasteiger partial charge in [-0.05, 0) is 27.2 Å². The second-order valence-corrected chi connectivity index (χ2v) is 5.09. The summed E-state index contributed by atoms with van der Waals surface area (Å²) < 4.78 is 0. The fraction of sp³-hybridized carbons (Fsp3) is 0.667. The number of imidazole rings is 1. The van der Waals surface area contributed by atoms with Crippen LogP contribution in [0.25, 0.3) is 0 Å². The normalized spacial score (nSPS) is 11.5. The summed E-state index contributed by atoms with van der Waals surface area (Å²) in [6.45, 7) is 7.17. The smallest absolute Gasteiger partial charge is 0.233 e. The maximum absolute atomic E-state index is 11.5. The van der Waals surface area contributed by atoms with Crippen LogP contribution in [0.3, 0.4) is 0 Å². The number of H-pyrrole nitrogens is 1. The van der Waals surface area contributed by atoms with Gasteiger partial charge < -0.3 is 15.6 Å². The first-order chi connectivity index (χ1) is 7.97. The predicted molar refractivity (Wildman–Crippen MR) is 67.7 cm³/mol. The molecule has 5 heteroatoms. The Morgan fingerprint density at radius 2 is 2.24 bits per heavy atom. The molecule has 5 nitrogen and oxygen atoms in total. The van der Waals surface area contributed by atoms with Crippen LogP contribution in [-0.2, 0) is 11.2 Å². The zero-order valence-electron chi connectivity index (χ0n) is 10.8. The molecule has 0 aliphatic rings. The molecule has 0 fully saturated rings. The van der Waals surface area contributed by atoms with Gasteiger partial charge in [0.1, 0.15) is 5.82 Å². The van der Waals surface area contributed by atoms with Gasteiger partial charge in [-0.1, -0.05) is 0 Å². The van der Waals surface area contributed by atoms with Crippen LogP contribution in [0.5, 0.6) is 0 Å². The Labute approximate surface area is 102 Å². The number of nitrogens with zero attached hydrogens (tertiary/aromatic N) is 1. The third kappa shape index (κ3) is 6.73. The quantitative estimate of drug-likeness (QED) is 0.643. The van der Waals surface area contributed by atoms with Gasteiger partial charge in [0.05, 0.1) is 6.54 Å². The van der Waals surface area contributed by atoms with Crippen molar-refractivity contribution in [3.63, 3.8) is 0 Å². The highest BCUT2D eigenvalue weighted by Gasteiger charge is 2.10. The summed E-state index contributed by atoms with van der Waals surface area (Å²) >= 11 is 0. The predicted octanol–water partition coefficient (Wildman–Crippen LogP) is 0.847. The highest BCUT2D eigenvalue weighted by Crippen LogP contribution is 1.97. The molecule has 0 atom stereocenters. The molecule has 0 bridgehead atoms. The molecule has 0 aromatic carbocycles. The van der Waals surface area contributed by atoms with Gasteiger partial charge in [-0.25, -0.2) is 4.98 Å². The van der Waals surface area contributed by atoms with E-state index in [9.17, 15) is 4.79 Å². The van der Waals surface area contributed by atoms with E-state index in [0.29, 0.717) is 13.1 Å². The van der Waals surface area contributed by atoms with Gasteiger partial charge in [0, 0.05) is 30.9 Å². The van der Waals surface area contributed by atoms with E-state index in [1.54, 1.807) is 12.4 Å². The summed E-state index contributed by atoms with van der Waals surface area (Å²) in [6, 6.07) is 0. The average molecular weight is 238 g/mol. The summed E-state index contributed by atoms with van der Waals surface area (Å²) in [4.78, 5) is 18.6. The van der Waals surface area contributed by atoms with E-state index in [4.69, 9.17) is 0 Å². The molecule has 17 heavy (non-hydrogen) atoms. The first-order valence-electron chi connectivity index (χ1n) is 5.97. The topological polar surface area (TPSA) is 69.8 Å². The van der Waals surface area contributed by atoms with Crippen molar-refractivity contribution in [3.05, 3.63) is 18.2 Å². The fourth-order valence-electron chi connectivity index (χ4n) is 1.33. The van der Waals surface area contributed by atoms with Crippen molar-refractivity contribution >= 4 is 5.91 Å². The molecule has 1 heterocycles. The second-order valence-electron chi connectivity index (χ2n) is 5.09. The van der Waals surface area contributed by atoms with Crippen molar-refractivity contribution in [3.8, 4) is 0 Å². The van der Waals surface area contributed by atoms with E-state index in [-0.39, 0.29) is 11.4 Å². The highest BCUT2D eigenvalue weighted by atomic mass is 16.1. The van der Waals surface area contributed by atoms with E-state index in [2.05, 4.69) is 20.6 Å². The summed E-state index contributed by atoms with van der Waals surface area (Å²) in [5, 5.41) is 6.02. The third-order valence-corrected chi connectivity index (χ3v) is 2.25. The first-order valence-corrected chi connectivity index (χ1v) is 5.97. The Bertz CT molecular complexity index is 327. The number of rotatable bonds is 6. The molecule has 3 N–H and O–H groups in total. The minimum absolute atomic E-state index is 0.0223. The number of nitrogens with one attached hydrogen (secondary N) is 3. The summed E-state index contributed by atoms with van der Waals surface area (Å²) in [6.07, 6.45) is 5.30. The number of aromatic nitrogens is 2. The van der Waals surface area contributed by atoms with Crippen LogP contribution in [0.2, 0.25) is 0 Å². The molecule has 0 aliphatic carbocycles. The molecule has 96 valence electrons. The molecular formula is C12H22N4O. The lowest BCUT2D eigenvalue weighted by atomic mass is 10.1. The van der Waals surface area contributed by atoms with Gasteiger partial charge in [0.25, 0.3) is 0 Å². The van der Waals surface area contributed by atoms with Crippen molar-refractivity contribution < 1.29 is 4.79 Å². The fourth-order valence-corrected chi connectivity index (χ4v) is 1.33. The van der Waals surface area contributed by atoms with E-state index >= 15 is 0 Å². The molecule has 1 rings (SSSR count). The van der Waals surface area contributed by atoms with Gasteiger partial charge in [0.15, 0.2) is 0 Å². The Kier molecular flexibility index (Phi) is 5.15. The van der Waals surface area contributed by atoms with E-state index in [1.807, 2.05) is 20.8 Å². The summed E-state index contributed by atoms with van der Waals surface area (Å²) in [7, 11) is 0. The Morgan fingerprint density at radius 1 is 1.47 bits per heavy atom. The minimum Gasteiger partial charge on any atom is -0.355 e. The van der Waals surface area contributed by atoms with E-state index in [0.717, 1.165) is 18.7 Å². The number of aryl methyl sites for hydroxylation is 1. The number of carbonyl (C=O) groups excluding carboxylic acids is 1. The maximum Gasteiger partial charge on any atom is 0.233 e. The zero-order valence-corrected chi connectivity index (χ0v) is 10.8. The minimum atomic E-state index is -0.0223. The average Bonchev–Trinajstić information content (AvgIpc) is 2.73. The first kappa shape index (κ1) is 13.7. The molecule has 0 aliphatic heterocycles. The van der Waals surface area contributed by atoms with E-state index < -0.39 is 0 Å². The lowest BCUT2D eigenvalue weighted by molar-refractivity contribution is -0.120. The molecule has 0 radical (unpaired) electrons. The highest BCUT2D eigenvalue weighted by molar-refractivity contribution is 5.78. The van der Waals surface area contributed by atoms with Crippen molar-refractivity contribution in [2.75, 3.05) is 13.1 Å². The van der Waals surface area contributed by atoms with Crippen LogP contribution < -0.4 is 10.6 Å². The van der Waals surface area contributed by atoms with Crippen molar-refractivity contribution in [1.82, 2.24) is 20.6 Å². The Morgan fingerprint density at radius 3 is 2.82 bits per heavy atom. The number of amides is 1. The Hall–Kier alpha value is -1.36. The molecule has 0 saturated heterocycles. The van der Waals surface area contributed by atoms with Crippen LogP contribution in [0.15, 0.2) is 12.4 Å². The molecule has 0 unspecified atom stereocenters. The lowest BCUT2D eigenvalue weighted by Gasteiger charge is -2.19. The molecule has 0 spiro atoms. The molecule has 1 aromatic rings. The standard InChI is InChI=1S/C12H22N4O/c1-12(2,3)16-9-11(17)15-6-4-5-10-13-7-8-14-10/h7-8,16H,4-6,9H2,1-3H3,(H,13,14)(H,15,17). The maximum atomic E-state index is 11.5. The molecule has 1 amide bonds. The van der Waals surface area contributed by atoms with Crippen LogP contribution in [-0.4, -0.2) is 34.5 Å². The largest absolute Gasteiger partial charge is 0.355 e. The van der Waals surface area contributed by atoms with Crippen molar-refractivity contribution in [2.24, 2.45) is 0 Å². The lowest BCUT2D eigenvalue weighted by Crippen LogP contribution is -2.43. The van der Waals surface area contributed by atoms with Crippen molar-refractivity contribution in [2.45, 2.75) is 39.2 Å². The molecular weight excluding hydrogens is 216 g/mol. The van der Waals surface area contributed by atoms with Crippen LogP contribution in [0.1, 0.15) is 33.0 Å². The Balaban J connectivity index is 2.04. The SMILES string of the molecule is CC(C)(C)NCC(=O)NCCCc1ncc[nH]1. The summed E-state index contributed by atoms with van der Waals surface area (Å²) in [5.74, 6) is 1.01. The summed E-state index contributed by atoms with van der Waals surface area (Å²) in [5.41, 5.74) is -0.0223. The number of hydrogen-bond donors (Lipinski definition) is 3. The van der Waals surface area contributed by atoms with Gasteiger partial charge in [-0.2, -0.15) is 0 Å². The van der Waals surface area contributed by atoms with Gasteiger partial charge in [-0.15, -0.1) is 0 Å². The van der Waals surface area contributed by atoms with Crippen LogP contribution in [0.4, 0.5) is 0 Å². The number of hydrogen-bond acceptors (Lipinski definition) is 3. The van der Waals surface area contributed by atoms with E-state index in [1.165, 1.54) is 0 Å². The van der Waals surface area contributed by atoms with Gasteiger partial charge in [-0.3, -0.25) is 4.79 Å². The van der Waals surface area contributed by atoms with Gasteiger partial charge >= 0.3 is 0 Å². The van der Waals surface area contributed by atoms with Crippen molar-refractivity contribution in [1.29, 1.82) is 0 Å².